The number of nitrogens with zero attached hydrogens (tertiary/aromatic N) is 3. The summed E-state index contributed by atoms with van der Waals surface area (Å²) < 4.78 is 1.79. The fraction of sp³-hybridized carbons (Fsp3) is 0.636. The summed E-state index contributed by atoms with van der Waals surface area (Å²) in [4.78, 5) is 17.1. The molecule has 0 aromatic carbocycles. The van der Waals surface area contributed by atoms with Crippen LogP contribution in [0.25, 0.3) is 0 Å². The number of hydrogen-bond acceptors (Lipinski definition) is 3. The molecule has 0 N–H and O–H groups in total. The molecule has 0 bridgehead atoms. The topological polar surface area (TPSA) is 38.1 Å². The average molecular weight is 208 g/mol. The second kappa shape index (κ2) is 6.35. The highest BCUT2D eigenvalue weighted by Gasteiger charge is 2.17. The zero-order chi connectivity index (χ0) is 11.1. The van der Waals surface area contributed by atoms with Crippen LogP contribution in [0.2, 0.25) is 0 Å². The molecule has 0 aliphatic carbocycles. The standard InChI is InChI=1S/C11H18N3O/c1-3-6-13(7-4-2)11(9-15)14-8-5-12-10-14/h8-11H,3-4,6-7H2,1-2H3. The van der Waals surface area contributed by atoms with E-state index in [0.29, 0.717) is 0 Å². The van der Waals surface area contributed by atoms with Crippen molar-refractivity contribution in [3.8, 4) is 0 Å². The molecular weight excluding hydrogens is 190 g/mol. The van der Waals surface area contributed by atoms with E-state index < -0.39 is 0 Å². The van der Waals surface area contributed by atoms with Gasteiger partial charge in [0.2, 0.25) is 0 Å². The number of rotatable bonds is 7. The summed E-state index contributed by atoms with van der Waals surface area (Å²) in [5.74, 6) is 0. The van der Waals surface area contributed by atoms with Crippen molar-refractivity contribution in [1.29, 1.82) is 0 Å². The van der Waals surface area contributed by atoms with Gasteiger partial charge in [0.05, 0.1) is 6.33 Å². The fourth-order valence-electron chi connectivity index (χ4n) is 1.67. The summed E-state index contributed by atoms with van der Waals surface area (Å²) in [5, 5.41) is 0. The van der Waals surface area contributed by atoms with Crippen molar-refractivity contribution in [3.63, 3.8) is 0 Å². The number of carbonyl (C=O) groups excluding carboxylic acids is 1. The quantitative estimate of drug-likeness (QED) is 0.637. The summed E-state index contributed by atoms with van der Waals surface area (Å²) >= 11 is 0. The zero-order valence-corrected chi connectivity index (χ0v) is 9.39. The molecule has 1 aromatic heterocycles. The third kappa shape index (κ3) is 3.16. The molecule has 4 heteroatoms. The SMILES string of the molecule is CCCN(CCC)C(C=O)n1c[c]nc1. The molecule has 0 spiro atoms. The maximum atomic E-state index is 11.1. The Morgan fingerprint density at radius 3 is 2.53 bits per heavy atom. The maximum Gasteiger partial charge on any atom is 0.157 e. The van der Waals surface area contributed by atoms with Crippen molar-refractivity contribution >= 4 is 6.29 Å². The Hall–Kier alpha value is -1.16. The molecule has 1 rings (SSSR count). The van der Waals surface area contributed by atoms with E-state index in [1.165, 1.54) is 0 Å². The van der Waals surface area contributed by atoms with Crippen molar-refractivity contribution < 1.29 is 4.79 Å². The van der Waals surface area contributed by atoms with Crippen molar-refractivity contribution in [2.45, 2.75) is 32.9 Å². The molecule has 1 aromatic rings. The van der Waals surface area contributed by atoms with Crippen molar-refractivity contribution in [2.75, 3.05) is 13.1 Å². The first-order chi connectivity index (χ1) is 7.33. The van der Waals surface area contributed by atoms with Gasteiger partial charge in [-0.1, -0.05) is 13.8 Å². The number of carbonyl (C=O) groups is 1. The molecule has 0 saturated carbocycles. The molecule has 4 nitrogen and oxygen atoms in total. The summed E-state index contributed by atoms with van der Waals surface area (Å²) in [5.41, 5.74) is 0. The highest BCUT2D eigenvalue weighted by molar-refractivity contribution is 5.55. The van der Waals surface area contributed by atoms with Crippen LogP contribution in [0.1, 0.15) is 32.9 Å². The molecule has 0 saturated heterocycles. The first-order valence-corrected chi connectivity index (χ1v) is 5.42. The Labute approximate surface area is 90.9 Å². The monoisotopic (exact) mass is 208 g/mol. The van der Waals surface area contributed by atoms with E-state index in [9.17, 15) is 4.79 Å². The lowest BCUT2D eigenvalue weighted by Crippen LogP contribution is -2.34. The number of imidazole rings is 1. The Kier molecular flexibility index (Phi) is 5.04. The molecular formula is C11H18N3O. The van der Waals surface area contributed by atoms with Gasteiger partial charge in [-0.05, 0) is 12.8 Å². The van der Waals surface area contributed by atoms with E-state index in [-0.39, 0.29) is 6.17 Å². The van der Waals surface area contributed by atoms with Crippen LogP contribution in [0.3, 0.4) is 0 Å². The molecule has 83 valence electrons. The van der Waals surface area contributed by atoms with Gasteiger partial charge in [0.1, 0.15) is 12.4 Å². The van der Waals surface area contributed by atoms with Crippen molar-refractivity contribution in [1.82, 2.24) is 14.5 Å². The van der Waals surface area contributed by atoms with E-state index in [0.717, 1.165) is 32.2 Å². The number of aldehydes is 1. The van der Waals surface area contributed by atoms with Gasteiger partial charge >= 0.3 is 0 Å². The van der Waals surface area contributed by atoms with Gasteiger partial charge in [0.15, 0.2) is 6.29 Å². The molecule has 1 radical (unpaired) electrons. The maximum absolute atomic E-state index is 11.1. The Morgan fingerprint density at radius 2 is 2.13 bits per heavy atom. The molecule has 0 aliphatic rings. The lowest BCUT2D eigenvalue weighted by Gasteiger charge is -2.27. The van der Waals surface area contributed by atoms with Crippen molar-refractivity contribution in [3.05, 3.63) is 18.7 Å². The van der Waals surface area contributed by atoms with E-state index in [1.54, 1.807) is 17.1 Å². The first-order valence-electron chi connectivity index (χ1n) is 5.42. The molecule has 1 unspecified atom stereocenters. The van der Waals surface area contributed by atoms with E-state index >= 15 is 0 Å². The third-order valence-corrected chi connectivity index (χ3v) is 2.30. The van der Waals surface area contributed by atoms with Gasteiger partial charge in [-0.25, -0.2) is 4.98 Å². The molecule has 0 amide bonds. The second-order valence-electron chi connectivity index (χ2n) is 3.54. The van der Waals surface area contributed by atoms with Crippen LogP contribution < -0.4 is 0 Å². The fourth-order valence-corrected chi connectivity index (χ4v) is 1.67. The minimum Gasteiger partial charge on any atom is -0.314 e. The van der Waals surface area contributed by atoms with Gasteiger partial charge in [-0.15, -0.1) is 0 Å². The summed E-state index contributed by atoms with van der Waals surface area (Å²) in [6, 6.07) is 0. The molecule has 15 heavy (non-hydrogen) atoms. The summed E-state index contributed by atoms with van der Waals surface area (Å²) in [6.45, 7) is 6.08. The number of hydrogen-bond donors (Lipinski definition) is 0. The van der Waals surface area contributed by atoms with Gasteiger partial charge < -0.3 is 4.57 Å². The van der Waals surface area contributed by atoms with Crippen LogP contribution in [0.4, 0.5) is 0 Å². The second-order valence-corrected chi connectivity index (χ2v) is 3.54. The van der Waals surface area contributed by atoms with Gasteiger partial charge in [0.25, 0.3) is 0 Å². The highest BCUT2D eigenvalue weighted by Crippen LogP contribution is 2.11. The average Bonchev–Trinajstić information content (AvgIpc) is 2.73. The van der Waals surface area contributed by atoms with Crippen LogP contribution in [0, 0.1) is 6.20 Å². The molecule has 0 aliphatic heterocycles. The van der Waals surface area contributed by atoms with Crippen LogP contribution in [0.5, 0.6) is 0 Å². The first kappa shape index (κ1) is 11.9. The van der Waals surface area contributed by atoms with Crippen LogP contribution in [0.15, 0.2) is 12.5 Å². The highest BCUT2D eigenvalue weighted by atomic mass is 16.1. The minimum absolute atomic E-state index is 0.233. The largest absolute Gasteiger partial charge is 0.314 e. The molecule has 0 fully saturated rings. The summed E-state index contributed by atoms with van der Waals surface area (Å²) in [6.07, 6.45) is 8.87. The van der Waals surface area contributed by atoms with Gasteiger partial charge in [-0.3, -0.25) is 9.69 Å². The van der Waals surface area contributed by atoms with Crippen molar-refractivity contribution in [2.24, 2.45) is 0 Å². The van der Waals surface area contributed by atoms with E-state index in [2.05, 4.69) is 29.9 Å². The minimum atomic E-state index is -0.233. The van der Waals surface area contributed by atoms with Crippen LogP contribution in [-0.4, -0.2) is 33.8 Å². The van der Waals surface area contributed by atoms with E-state index in [4.69, 9.17) is 0 Å². The van der Waals surface area contributed by atoms with Crippen LogP contribution in [-0.2, 0) is 4.79 Å². The predicted molar refractivity (Wildman–Crippen MR) is 58.3 cm³/mol. The molecule has 1 heterocycles. The molecule has 1 atom stereocenters. The predicted octanol–water partition coefficient (Wildman–Crippen LogP) is 1.50. The van der Waals surface area contributed by atoms with Crippen LogP contribution >= 0.6 is 0 Å². The smallest absolute Gasteiger partial charge is 0.157 e. The Morgan fingerprint density at radius 1 is 1.47 bits per heavy atom. The summed E-state index contributed by atoms with van der Waals surface area (Å²) in [7, 11) is 0. The lowest BCUT2D eigenvalue weighted by atomic mass is 10.3. The Bertz CT molecular complexity index is 265. The lowest BCUT2D eigenvalue weighted by molar-refractivity contribution is -0.115. The third-order valence-electron chi connectivity index (χ3n) is 2.30. The Balaban J connectivity index is 2.73. The zero-order valence-electron chi connectivity index (χ0n) is 9.39. The normalized spacial score (nSPS) is 13.0. The number of aromatic nitrogens is 2. The van der Waals surface area contributed by atoms with Gasteiger partial charge in [-0.2, -0.15) is 0 Å². The van der Waals surface area contributed by atoms with Gasteiger partial charge in [0, 0.05) is 19.3 Å². The van der Waals surface area contributed by atoms with E-state index in [1.807, 2.05) is 0 Å².